The van der Waals surface area contributed by atoms with Gasteiger partial charge in [-0.3, -0.25) is 14.2 Å². The van der Waals surface area contributed by atoms with Crippen molar-refractivity contribution in [1.29, 1.82) is 0 Å². The fourth-order valence-corrected chi connectivity index (χ4v) is 5.35. The van der Waals surface area contributed by atoms with E-state index in [1.165, 1.54) is 23.1 Å². The molecular formula is C27H22N4O2S2. The third-order valence-electron chi connectivity index (χ3n) is 5.56. The first-order valence-electron chi connectivity index (χ1n) is 11.1. The number of nitrogens with one attached hydrogen (secondary N) is 1. The molecule has 8 heteroatoms. The van der Waals surface area contributed by atoms with Gasteiger partial charge in [-0.1, -0.05) is 72.4 Å². The van der Waals surface area contributed by atoms with Crippen LogP contribution in [0.25, 0.3) is 27.8 Å². The third-order valence-corrected chi connectivity index (χ3v) is 7.37. The molecule has 1 atom stereocenters. The molecule has 1 amide bonds. The summed E-state index contributed by atoms with van der Waals surface area (Å²) < 4.78 is 1.60. The topological polar surface area (TPSA) is 76.9 Å². The first-order chi connectivity index (χ1) is 17.0. The number of fused-ring (bicyclic) bond motifs is 1. The van der Waals surface area contributed by atoms with Gasteiger partial charge in [-0.2, -0.15) is 0 Å². The van der Waals surface area contributed by atoms with Crippen molar-refractivity contribution in [1.82, 2.24) is 14.5 Å². The fourth-order valence-electron chi connectivity index (χ4n) is 3.71. The number of hydrogen-bond donors (Lipinski definition) is 1. The van der Waals surface area contributed by atoms with Gasteiger partial charge in [-0.15, -0.1) is 11.3 Å². The third kappa shape index (κ3) is 4.76. The van der Waals surface area contributed by atoms with Crippen LogP contribution in [0.2, 0.25) is 0 Å². The molecule has 2 aromatic heterocycles. The Kier molecular flexibility index (Phi) is 6.48. The second kappa shape index (κ2) is 9.85. The highest BCUT2D eigenvalue weighted by atomic mass is 32.2. The number of hydrogen-bond acceptors (Lipinski definition) is 6. The van der Waals surface area contributed by atoms with Gasteiger partial charge in [0, 0.05) is 10.9 Å². The highest BCUT2D eigenvalue weighted by molar-refractivity contribution is 8.00. The zero-order valence-electron chi connectivity index (χ0n) is 19.1. The summed E-state index contributed by atoms with van der Waals surface area (Å²) in [6.45, 7) is 3.75. The lowest BCUT2D eigenvalue weighted by Gasteiger charge is -2.17. The molecule has 35 heavy (non-hydrogen) atoms. The lowest BCUT2D eigenvalue weighted by Crippen LogP contribution is -2.26. The minimum Gasteiger partial charge on any atom is -0.301 e. The van der Waals surface area contributed by atoms with Crippen molar-refractivity contribution in [3.63, 3.8) is 0 Å². The molecule has 0 saturated carbocycles. The summed E-state index contributed by atoms with van der Waals surface area (Å²) in [5, 5.41) is 5.85. The quantitative estimate of drug-likeness (QED) is 0.232. The van der Waals surface area contributed by atoms with Crippen LogP contribution in [0.15, 0.2) is 94.2 Å². The van der Waals surface area contributed by atoms with Gasteiger partial charge in [0.25, 0.3) is 5.56 Å². The van der Waals surface area contributed by atoms with E-state index in [0.717, 1.165) is 22.5 Å². The van der Waals surface area contributed by atoms with Crippen molar-refractivity contribution in [2.75, 3.05) is 5.32 Å². The van der Waals surface area contributed by atoms with Gasteiger partial charge in [-0.25, -0.2) is 9.97 Å². The first kappa shape index (κ1) is 23.0. The molecule has 0 aliphatic carbocycles. The van der Waals surface area contributed by atoms with Crippen molar-refractivity contribution in [3.05, 3.63) is 100 Å². The number of thioether (sulfide) groups is 1. The first-order valence-corrected chi connectivity index (χ1v) is 12.8. The Hall–Kier alpha value is -3.75. The molecule has 0 saturated heterocycles. The van der Waals surface area contributed by atoms with E-state index < -0.39 is 5.25 Å². The predicted molar refractivity (Wildman–Crippen MR) is 144 cm³/mol. The number of anilines is 1. The Morgan fingerprint density at radius 2 is 1.69 bits per heavy atom. The molecule has 0 fully saturated rings. The number of para-hydroxylation sites is 2. The van der Waals surface area contributed by atoms with Crippen molar-refractivity contribution in [2.45, 2.75) is 24.3 Å². The van der Waals surface area contributed by atoms with Crippen LogP contribution < -0.4 is 10.9 Å². The van der Waals surface area contributed by atoms with Crippen LogP contribution in [0.3, 0.4) is 0 Å². The van der Waals surface area contributed by atoms with Crippen LogP contribution in [0.1, 0.15) is 12.5 Å². The van der Waals surface area contributed by atoms with Crippen LogP contribution in [0.5, 0.6) is 0 Å². The molecular weight excluding hydrogens is 476 g/mol. The molecule has 5 aromatic rings. The SMILES string of the molecule is Cc1ccccc1-n1c(S[C@@H](C)C(=O)Nc2nc(-c3ccccc3)cs2)nc2ccccc2c1=O. The number of thiazole rings is 1. The van der Waals surface area contributed by atoms with Crippen LogP contribution in [-0.2, 0) is 4.79 Å². The molecule has 0 bridgehead atoms. The summed E-state index contributed by atoms with van der Waals surface area (Å²) in [6.07, 6.45) is 0. The van der Waals surface area contributed by atoms with E-state index in [1.54, 1.807) is 17.6 Å². The van der Waals surface area contributed by atoms with Crippen LogP contribution in [0.4, 0.5) is 5.13 Å². The summed E-state index contributed by atoms with van der Waals surface area (Å²) in [6, 6.07) is 24.8. The smallest absolute Gasteiger partial charge is 0.266 e. The van der Waals surface area contributed by atoms with E-state index in [-0.39, 0.29) is 11.5 Å². The molecule has 3 aromatic carbocycles. The Morgan fingerprint density at radius 1 is 0.971 bits per heavy atom. The van der Waals surface area contributed by atoms with E-state index in [9.17, 15) is 9.59 Å². The van der Waals surface area contributed by atoms with Crippen molar-refractivity contribution >= 4 is 45.0 Å². The number of carbonyl (C=O) groups is 1. The molecule has 0 spiro atoms. The maximum absolute atomic E-state index is 13.5. The molecule has 0 unspecified atom stereocenters. The van der Waals surface area contributed by atoms with Gasteiger partial charge >= 0.3 is 0 Å². The predicted octanol–water partition coefficient (Wildman–Crippen LogP) is 5.94. The summed E-state index contributed by atoms with van der Waals surface area (Å²) in [7, 11) is 0. The lowest BCUT2D eigenvalue weighted by atomic mass is 10.2. The van der Waals surface area contributed by atoms with E-state index in [0.29, 0.717) is 21.2 Å². The zero-order valence-corrected chi connectivity index (χ0v) is 20.8. The normalized spacial score (nSPS) is 11.9. The largest absolute Gasteiger partial charge is 0.301 e. The monoisotopic (exact) mass is 498 g/mol. The van der Waals surface area contributed by atoms with Crippen molar-refractivity contribution in [3.8, 4) is 16.9 Å². The second-order valence-corrected chi connectivity index (χ2v) is 10.2. The number of rotatable bonds is 6. The number of aryl methyl sites for hydroxylation is 1. The van der Waals surface area contributed by atoms with Gasteiger partial charge in [0.1, 0.15) is 0 Å². The minimum absolute atomic E-state index is 0.160. The molecule has 5 rings (SSSR count). The maximum Gasteiger partial charge on any atom is 0.266 e. The molecule has 0 radical (unpaired) electrons. The molecule has 1 N–H and O–H groups in total. The van der Waals surface area contributed by atoms with Gasteiger partial charge in [0.05, 0.1) is 27.5 Å². The number of amides is 1. The Balaban J connectivity index is 1.44. The van der Waals surface area contributed by atoms with E-state index in [2.05, 4.69) is 10.3 Å². The van der Waals surface area contributed by atoms with Gasteiger partial charge in [-0.05, 0) is 37.6 Å². The number of benzene rings is 3. The second-order valence-electron chi connectivity index (χ2n) is 7.99. The Bertz CT molecular complexity index is 1580. The maximum atomic E-state index is 13.5. The average Bonchev–Trinajstić information content (AvgIpc) is 3.34. The molecule has 6 nitrogen and oxygen atoms in total. The van der Waals surface area contributed by atoms with E-state index in [4.69, 9.17) is 4.98 Å². The van der Waals surface area contributed by atoms with Gasteiger partial charge in [0.15, 0.2) is 10.3 Å². The van der Waals surface area contributed by atoms with Crippen LogP contribution in [-0.4, -0.2) is 25.7 Å². The highest BCUT2D eigenvalue weighted by Crippen LogP contribution is 2.28. The van der Waals surface area contributed by atoms with Gasteiger partial charge < -0.3 is 5.32 Å². The molecule has 0 aliphatic heterocycles. The Labute approximate surface area is 210 Å². The fraction of sp³-hybridized carbons (Fsp3) is 0.111. The highest BCUT2D eigenvalue weighted by Gasteiger charge is 2.22. The summed E-state index contributed by atoms with van der Waals surface area (Å²) >= 11 is 2.63. The van der Waals surface area contributed by atoms with Crippen LogP contribution >= 0.6 is 23.1 Å². The summed E-state index contributed by atoms with van der Waals surface area (Å²) in [4.78, 5) is 35.8. The Morgan fingerprint density at radius 3 is 2.49 bits per heavy atom. The van der Waals surface area contributed by atoms with Crippen molar-refractivity contribution in [2.24, 2.45) is 0 Å². The zero-order chi connectivity index (χ0) is 24.4. The number of carbonyl (C=O) groups excluding carboxylic acids is 1. The minimum atomic E-state index is -0.512. The summed E-state index contributed by atoms with van der Waals surface area (Å²) in [5.41, 5.74) is 3.95. The van der Waals surface area contributed by atoms with Crippen molar-refractivity contribution < 1.29 is 4.79 Å². The average molecular weight is 499 g/mol. The lowest BCUT2D eigenvalue weighted by molar-refractivity contribution is -0.115. The number of aromatic nitrogens is 3. The van der Waals surface area contributed by atoms with Gasteiger partial charge in [0.2, 0.25) is 5.91 Å². The van der Waals surface area contributed by atoms with E-state index >= 15 is 0 Å². The molecule has 0 aliphatic rings. The van der Waals surface area contributed by atoms with Crippen LogP contribution in [0, 0.1) is 6.92 Å². The molecule has 174 valence electrons. The summed E-state index contributed by atoms with van der Waals surface area (Å²) in [5.74, 6) is -0.206. The number of nitrogens with zero attached hydrogens (tertiary/aromatic N) is 3. The van der Waals surface area contributed by atoms with E-state index in [1.807, 2.05) is 85.1 Å². The standard InChI is InChI=1S/C27H22N4O2S2/c1-17-10-6-9-15-23(17)31-25(33)20-13-7-8-14-21(20)29-27(31)35-18(2)24(32)30-26-28-22(16-34-26)19-11-4-3-5-12-19/h3-16,18H,1-2H3,(H,28,30,32)/t18-/m0/s1. The molecule has 2 heterocycles.